The lowest BCUT2D eigenvalue weighted by atomic mass is 9.87. The zero-order valence-electron chi connectivity index (χ0n) is 13.9. The van der Waals surface area contributed by atoms with Crippen molar-refractivity contribution in [2.75, 3.05) is 7.05 Å². The first-order valence-electron chi connectivity index (χ1n) is 8.31. The number of rotatable bonds is 4. The summed E-state index contributed by atoms with van der Waals surface area (Å²) in [5, 5.41) is 11.0. The summed E-state index contributed by atoms with van der Waals surface area (Å²) in [6.07, 6.45) is 3.98. The van der Waals surface area contributed by atoms with Crippen LogP contribution in [0.3, 0.4) is 0 Å². The first-order chi connectivity index (χ1) is 10.9. The maximum Gasteiger partial charge on any atom is 0.347 e. The summed E-state index contributed by atoms with van der Waals surface area (Å²) in [5.74, 6) is -0.611. The van der Waals surface area contributed by atoms with Gasteiger partial charge in [-0.3, -0.25) is 4.90 Å². The lowest BCUT2D eigenvalue weighted by Gasteiger charge is -2.38. The lowest BCUT2D eigenvalue weighted by Crippen LogP contribution is -2.49. The van der Waals surface area contributed by atoms with E-state index in [9.17, 15) is 9.90 Å². The second-order valence-electron chi connectivity index (χ2n) is 6.84. The molecule has 2 saturated heterocycles. The number of ether oxygens (including phenoxy) is 1. The number of carbonyl (C=O) groups is 1. The van der Waals surface area contributed by atoms with E-state index in [0.717, 1.165) is 19.3 Å². The highest BCUT2D eigenvalue weighted by Crippen LogP contribution is 2.37. The molecule has 4 nitrogen and oxygen atoms in total. The number of aliphatic hydroxyl groups is 1. The minimum absolute atomic E-state index is 0.152. The van der Waals surface area contributed by atoms with E-state index < -0.39 is 11.6 Å². The van der Waals surface area contributed by atoms with Crippen molar-refractivity contribution in [2.45, 2.75) is 56.4 Å². The van der Waals surface area contributed by atoms with Gasteiger partial charge in [-0.1, -0.05) is 36.9 Å². The largest absolute Gasteiger partial charge is 0.458 e. The van der Waals surface area contributed by atoms with Crippen LogP contribution in [0.15, 0.2) is 42.5 Å². The van der Waals surface area contributed by atoms with Crippen molar-refractivity contribution in [3.8, 4) is 0 Å². The smallest absolute Gasteiger partial charge is 0.347 e. The molecule has 0 radical (unpaired) electrons. The van der Waals surface area contributed by atoms with Crippen molar-refractivity contribution in [1.82, 2.24) is 4.90 Å². The Kier molecular flexibility index (Phi) is 4.30. The van der Waals surface area contributed by atoms with E-state index in [4.69, 9.17) is 4.74 Å². The third-order valence-corrected chi connectivity index (χ3v) is 5.47. The van der Waals surface area contributed by atoms with Gasteiger partial charge in [0.2, 0.25) is 5.60 Å². The van der Waals surface area contributed by atoms with Crippen LogP contribution in [-0.2, 0) is 15.1 Å². The summed E-state index contributed by atoms with van der Waals surface area (Å²) in [6, 6.07) is 9.79. The van der Waals surface area contributed by atoms with Gasteiger partial charge >= 0.3 is 5.97 Å². The van der Waals surface area contributed by atoms with Gasteiger partial charge in [0.05, 0.1) is 0 Å². The highest BCUT2D eigenvalue weighted by molar-refractivity contribution is 5.85. The minimum Gasteiger partial charge on any atom is -0.458 e. The first kappa shape index (κ1) is 16.2. The van der Waals surface area contributed by atoms with Crippen molar-refractivity contribution >= 4 is 5.97 Å². The van der Waals surface area contributed by atoms with Crippen LogP contribution < -0.4 is 0 Å². The molecule has 4 heteroatoms. The van der Waals surface area contributed by atoms with Gasteiger partial charge in [0.15, 0.2) is 0 Å². The number of esters is 1. The van der Waals surface area contributed by atoms with Gasteiger partial charge in [0, 0.05) is 12.1 Å². The fourth-order valence-corrected chi connectivity index (χ4v) is 3.96. The Morgan fingerprint density at radius 2 is 1.91 bits per heavy atom. The Balaban J connectivity index is 1.81. The third-order valence-electron chi connectivity index (χ3n) is 5.47. The molecular formula is C19H25NO3. The molecule has 0 aromatic heterocycles. The number of nitrogens with zero attached hydrogens (tertiary/aromatic N) is 1. The molecule has 1 N–H and O–H groups in total. The van der Waals surface area contributed by atoms with E-state index in [1.54, 1.807) is 31.2 Å². The summed E-state index contributed by atoms with van der Waals surface area (Å²) in [6.45, 7) is 5.48. The predicted molar refractivity (Wildman–Crippen MR) is 88.8 cm³/mol. The predicted octanol–water partition coefficient (Wildman–Crippen LogP) is 2.62. The Labute approximate surface area is 137 Å². The van der Waals surface area contributed by atoms with E-state index in [1.807, 2.05) is 6.07 Å². The van der Waals surface area contributed by atoms with Crippen molar-refractivity contribution in [1.29, 1.82) is 0 Å². The highest BCUT2D eigenvalue weighted by Gasteiger charge is 2.46. The van der Waals surface area contributed by atoms with E-state index in [-0.39, 0.29) is 12.1 Å². The summed E-state index contributed by atoms with van der Waals surface area (Å²) < 4.78 is 5.78. The molecule has 2 bridgehead atoms. The average Bonchev–Trinajstić information content (AvgIpc) is 2.78. The number of likely N-dealkylation sites (N-methyl/N-ethyl adjacent to an activating group) is 1. The van der Waals surface area contributed by atoms with Crippen LogP contribution >= 0.6 is 0 Å². The fraction of sp³-hybridized carbons (Fsp3) is 0.526. The van der Waals surface area contributed by atoms with Crippen LogP contribution in [0, 0.1) is 0 Å². The summed E-state index contributed by atoms with van der Waals surface area (Å²) in [4.78, 5) is 15.1. The molecule has 2 aliphatic heterocycles. The second-order valence-corrected chi connectivity index (χ2v) is 6.84. The van der Waals surface area contributed by atoms with Crippen LogP contribution in [0.1, 0.15) is 38.2 Å². The minimum atomic E-state index is -1.78. The molecular weight excluding hydrogens is 290 g/mol. The Morgan fingerprint density at radius 3 is 2.57 bits per heavy atom. The van der Waals surface area contributed by atoms with Crippen molar-refractivity contribution in [2.24, 2.45) is 0 Å². The monoisotopic (exact) mass is 315 g/mol. The molecule has 0 amide bonds. The molecule has 1 aromatic rings. The van der Waals surface area contributed by atoms with Crippen LogP contribution in [-0.4, -0.2) is 41.2 Å². The number of piperidine rings is 1. The molecule has 3 unspecified atom stereocenters. The summed E-state index contributed by atoms with van der Waals surface area (Å²) in [7, 11) is 2.10. The molecule has 2 aliphatic rings. The molecule has 1 aromatic carbocycles. The third kappa shape index (κ3) is 2.70. The van der Waals surface area contributed by atoms with Gasteiger partial charge < -0.3 is 9.84 Å². The average molecular weight is 315 g/mol. The Bertz CT molecular complexity index is 600. The van der Waals surface area contributed by atoms with Crippen LogP contribution in [0.25, 0.3) is 0 Å². The number of fused-ring (bicyclic) bond motifs is 2. The molecule has 4 atom stereocenters. The first-order valence-corrected chi connectivity index (χ1v) is 8.31. The molecule has 2 heterocycles. The van der Waals surface area contributed by atoms with Crippen LogP contribution in [0.2, 0.25) is 0 Å². The molecule has 124 valence electrons. The van der Waals surface area contributed by atoms with Gasteiger partial charge in [0.1, 0.15) is 6.10 Å². The SMILES string of the molecule is C=C(C)[C@@](O)(C(=O)OC1CCC2CCC1N2C)c1ccccc1. The number of hydrogen-bond acceptors (Lipinski definition) is 4. The summed E-state index contributed by atoms with van der Waals surface area (Å²) >= 11 is 0. The Morgan fingerprint density at radius 1 is 1.26 bits per heavy atom. The normalized spacial score (nSPS) is 29.8. The quantitative estimate of drug-likeness (QED) is 0.685. The van der Waals surface area contributed by atoms with E-state index in [2.05, 4.69) is 18.5 Å². The maximum atomic E-state index is 12.8. The van der Waals surface area contributed by atoms with Gasteiger partial charge in [-0.05, 0) is 50.8 Å². The van der Waals surface area contributed by atoms with Crippen LogP contribution in [0.4, 0.5) is 0 Å². The number of benzene rings is 1. The van der Waals surface area contributed by atoms with Crippen molar-refractivity contribution in [3.63, 3.8) is 0 Å². The fourth-order valence-electron chi connectivity index (χ4n) is 3.96. The number of hydrogen-bond donors (Lipinski definition) is 1. The zero-order chi connectivity index (χ0) is 16.6. The highest BCUT2D eigenvalue weighted by atomic mass is 16.6. The molecule has 0 aliphatic carbocycles. The van der Waals surface area contributed by atoms with Gasteiger partial charge in [-0.25, -0.2) is 4.79 Å². The van der Waals surface area contributed by atoms with E-state index in [0.29, 0.717) is 17.2 Å². The maximum absolute atomic E-state index is 12.8. The molecule has 3 rings (SSSR count). The standard InChI is InChI=1S/C19H25NO3/c1-13(2)19(22,14-7-5-4-6-8-14)18(21)23-17-12-10-15-9-11-16(17)20(15)3/h4-8,15-17,22H,1,9-12H2,2-3H3/t15?,16?,17?,19-/m0/s1. The zero-order valence-corrected chi connectivity index (χ0v) is 13.9. The van der Waals surface area contributed by atoms with Crippen LogP contribution in [0.5, 0.6) is 0 Å². The van der Waals surface area contributed by atoms with Gasteiger partial charge in [-0.2, -0.15) is 0 Å². The van der Waals surface area contributed by atoms with E-state index in [1.165, 1.54) is 6.42 Å². The molecule has 0 spiro atoms. The van der Waals surface area contributed by atoms with Gasteiger partial charge in [-0.15, -0.1) is 0 Å². The number of carbonyl (C=O) groups excluding carboxylic acids is 1. The molecule has 0 saturated carbocycles. The van der Waals surface area contributed by atoms with E-state index >= 15 is 0 Å². The lowest BCUT2D eigenvalue weighted by molar-refractivity contribution is -0.173. The van der Waals surface area contributed by atoms with Crippen molar-refractivity contribution < 1.29 is 14.6 Å². The molecule has 2 fully saturated rings. The Hall–Kier alpha value is -1.65. The summed E-state index contributed by atoms with van der Waals surface area (Å²) in [5.41, 5.74) is -0.900. The van der Waals surface area contributed by atoms with Gasteiger partial charge in [0.25, 0.3) is 0 Å². The topological polar surface area (TPSA) is 49.8 Å². The second kappa shape index (κ2) is 6.10. The molecule has 23 heavy (non-hydrogen) atoms. The van der Waals surface area contributed by atoms with Crippen molar-refractivity contribution in [3.05, 3.63) is 48.0 Å².